The van der Waals surface area contributed by atoms with E-state index in [4.69, 9.17) is 14.2 Å². The Morgan fingerprint density at radius 1 is 1.17 bits per heavy atom. The van der Waals surface area contributed by atoms with Crippen molar-refractivity contribution in [3.05, 3.63) is 17.7 Å². The van der Waals surface area contributed by atoms with Crippen LogP contribution in [0.2, 0.25) is 0 Å². The van der Waals surface area contributed by atoms with E-state index >= 15 is 0 Å². The first kappa shape index (κ1) is 20.4. The van der Waals surface area contributed by atoms with Crippen LogP contribution in [0.25, 0.3) is 0 Å². The Morgan fingerprint density at radius 3 is 2.38 bits per heavy atom. The minimum absolute atomic E-state index is 0. The average molecular weight is 359 g/mol. The van der Waals surface area contributed by atoms with Crippen LogP contribution in [0, 0.1) is 5.92 Å². The van der Waals surface area contributed by atoms with Crippen molar-refractivity contribution in [2.24, 2.45) is 5.92 Å². The minimum atomic E-state index is -0.0244. The molecule has 0 aromatic heterocycles. The summed E-state index contributed by atoms with van der Waals surface area (Å²) in [6.07, 6.45) is 2.17. The summed E-state index contributed by atoms with van der Waals surface area (Å²) in [6, 6.07) is 3.39. The summed E-state index contributed by atoms with van der Waals surface area (Å²) in [5, 5.41) is 3.19. The van der Waals surface area contributed by atoms with Gasteiger partial charge < -0.3 is 24.4 Å². The number of halogens is 1. The molecule has 1 aliphatic rings. The number of carbonyl (C=O) groups is 1. The highest BCUT2D eigenvalue weighted by Crippen LogP contribution is 2.35. The molecular weight excluding hydrogens is 332 g/mol. The smallest absolute Gasteiger partial charge is 0.257 e. The predicted octanol–water partition coefficient (Wildman–Crippen LogP) is 2.21. The van der Waals surface area contributed by atoms with Gasteiger partial charge in [0, 0.05) is 25.2 Å². The van der Waals surface area contributed by atoms with Gasteiger partial charge in [-0.15, -0.1) is 12.4 Å². The van der Waals surface area contributed by atoms with Crippen molar-refractivity contribution in [3.8, 4) is 17.2 Å². The molecule has 1 fully saturated rings. The zero-order chi connectivity index (χ0) is 16.8. The molecule has 1 saturated heterocycles. The van der Waals surface area contributed by atoms with Crippen LogP contribution in [0.5, 0.6) is 17.2 Å². The second-order valence-corrected chi connectivity index (χ2v) is 5.72. The van der Waals surface area contributed by atoms with Crippen LogP contribution in [-0.4, -0.2) is 58.8 Å². The van der Waals surface area contributed by atoms with E-state index in [0.717, 1.165) is 32.5 Å². The summed E-state index contributed by atoms with van der Waals surface area (Å²) in [5.41, 5.74) is 0.509. The molecule has 1 heterocycles. The number of rotatable bonds is 6. The van der Waals surface area contributed by atoms with E-state index in [1.807, 2.05) is 11.9 Å². The third-order valence-corrected chi connectivity index (χ3v) is 4.24. The molecule has 1 aromatic carbocycles. The number of methoxy groups -OCH3 is 3. The number of likely N-dealkylation sites (tertiary alicyclic amines) is 1. The first-order chi connectivity index (χ1) is 11.1. The Morgan fingerprint density at radius 2 is 1.79 bits per heavy atom. The lowest BCUT2D eigenvalue weighted by Gasteiger charge is -2.33. The molecular formula is C17H27ClN2O4. The molecule has 6 nitrogen and oxygen atoms in total. The highest BCUT2D eigenvalue weighted by atomic mass is 35.5. The lowest BCUT2D eigenvalue weighted by atomic mass is 9.97. The molecule has 0 aliphatic carbocycles. The van der Waals surface area contributed by atoms with Crippen LogP contribution in [0.15, 0.2) is 12.1 Å². The number of piperidine rings is 1. The van der Waals surface area contributed by atoms with Crippen LogP contribution in [-0.2, 0) is 0 Å². The van der Waals surface area contributed by atoms with Gasteiger partial charge in [-0.25, -0.2) is 0 Å². The van der Waals surface area contributed by atoms with Crippen molar-refractivity contribution in [2.75, 3.05) is 48.0 Å². The van der Waals surface area contributed by atoms with Gasteiger partial charge in [-0.1, -0.05) is 0 Å². The van der Waals surface area contributed by atoms with Crippen LogP contribution in [0.3, 0.4) is 0 Å². The fraction of sp³-hybridized carbons (Fsp3) is 0.588. The van der Waals surface area contributed by atoms with Crippen molar-refractivity contribution in [1.82, 2.24) is 10.2 Å². The Hall–Kier alpha value is -1.66. The third-order valence-electron chi connectivity index (χ3n) is 4.24. The van der Waals surface area contributed by atoms with E-state index in [1.54, 1.807) is 33.5 Å². The normalized spacial score (nSPS) is 17.0. The highest BCUT2D eigenvalue weighted by Gasteiger charge is 2.27. The van der Waals surface area contributed by atoms with Gasteiger partial charge >= 0.3 is 0 Å². The zero-order valence-electron chi connectivity index (χ0n) is 14.8. The van der Waals surface area contributed by atoms with Gasteiger partial charge in [0.1, 0.15) is 5.75 Å². The van der Waals surface area contributed by atoms with Crippen molar-refractivity contribution in [1.29, 1.82) is 0 Å². The van der Waals surface area contributed by atoms with Gasteiger partial charge in [-0.2, -0.15) is 0 Å². The number of amides is 1. The summed E-state index contributed by atoms with van der Waals surface area (Å²) >= 11 is 0. The molecule has 7 heteroatoms. The van der Waals surface area contributed by atoms with Gasteiger partial charge in [0.05, 0.1) is 26.9 Å². The van der Waals surface area contributed by atoms with Gasteiger partial charge in [-0.05, 0) is 32.4 Å². The number of nitrogens with one attached hydrogen (secondary N) is 1. The first-order valence-electron chi connectivity index (χ1n) is 7.88. The molecule has 1 aliphatic heterocycles. The minimum Gasteiger partial charge on any atom is -0.496 e. The third kappa shape index (κ3) is 4.45. The molecule has 1 N–H and O–H groups in total. The molecule has 1 unspecified atom stereocenters. The van der Waals surface area contributed by atoms with E-state index in [9.17, 15) is 4.79 Å². The Balaban J connectivity index is 0.00000288. The van der Waals surface area contributed by atoms with Gasteiger partial charge in [0.15, 0.2) is 11.5 Å². The van der Waals surface area contributed by atoms with E-state index < -0.39 is 0 Å². The van der Waals surface area contributed by atoms with Crippen LogP contribution < -0.4 is 19.5 Å². The monoisotopic (exact) mass is 358 g/mol. The molecule has 24 heavy (non-hydrogen) atoms. The molecule has 0 bridgehead atoms. The molecule has 136 valence electrons. The first-order valence-corrected chi connectivity index (χ1v) is 7.88. The van der Waals surface area contributed by atoms with Crippen molar-refractivity contribution in [3.63, 3.8) is 0 Å². The number of ether oxygens (including phenoxy) is 3. The summed E-state index contributed by atoms with van der Waals surface area (Å²) in [7, 11) is 6.62. The van der Waals surface area contributed by atoms with Gasteiger partial charge in [0.2, 0.25) is 0 Å². The summed E-state index contributed by atoms with van der Waals surface area (Å²) in [5.74, 6) is 2.05. The Labute approximate surface area is 149 Å². The second kappa shape index (κ2) is 9.59. The van der Waals surface area contributed by atoms with Crippen LogP contribution in [0.4, 0.5) is 0 Å². The Bertz CT molecular complexity index is 552. The number of benzene rings is 1. The molecule has 1 aromatic rings. The van der Waals surface area contributed by atoms with E-state index in [-0.39, 0.29) is 18.3 Å². The maximum absolute atomic E-state index is 12.9. The molecule has 0 saturated carbocycles. The molecule has 2 rings (SSSR count). The fourth-order valence-corrected chi connectivity index (χ4v) is 3.07. The quantitative estimate of drug-likeness (QED) is 0.844. The standard InChI is InChI=1S/C17H26N2O4.ClH/c1-18-10-12-6-5-7-19(11-12)17(20)13-8-15(22-3)16(23-4)9-14(13)21-2;/h8-9,12,18H,5-7,10-11H2,1-4H3;1H. The predicted molar refractivity (Wildman–Crippen MR) is 95.9 cm³/mol. The lowest BCUT2D eigenvalue weighted by Crippen LogP contribution is -2.42. The lowest BCUT2D eigenvalue weighted by molar-refractivity contribution is 0.0670. The van der Waals surface area contributed by atoms with Crippen molar-refractivity contribution in [2.45, 2.75) is 12.8 Å². The molecule has 0 spiro atoms. The highest BCUT2D eigenvalue weighted by molar-refractivity contribution is 5.98. The topological polar surface area (TPSA) is 60.0 Å². The number of hydrogen-bond acceptors (Lipinski definition) is 5. The molecule has 1 amide bonds. The van der Waals surface area contributed by atoms with E-state index in [2.05, 4.69) is 5.32 Å². The maximum Gasteiger partial charge on any atom is 0.257 e. The fourth-order valence-electron chi connectivity index (χ4n) is 3.07. The zero-order valence-corrected chi connectivity index (χ0v) is 15.6. The SMILES string of the molecule is CNCC1CCCN(C(=O)c2cc(OC)c(OC)cc2OC)C1.Cl. The summed E-state index contributed by atoms with van der Waals surface area (Å²) < 4.78 is 16.0. The van der Waals surface area contributed by atoms with E-state index in [1.165, 1.54) is 0 Å². The number of nitrogens with zero attached hydrogens (tertiary/aromatic N) is 1. The summed E-state index contributed by atoms with van der Waals surface area (Å²) in [4.78, 5) is 14.8. The average Bonchev–Trinajstić information content (AvgIpc) is 2.60. The van der Waals surface area contributed by atoms with Crippen molar-refractivity contribution >= 4 is 18.3 Å². The van der Waals surface area contributed by atoms with E-state index in [0.29, 0.717) is 28.7 Å². The van der Waals surface area contributed by atoms with Crippen LogP contribution in [0.1, 0.15) is 23.2 Å². The van der Waals surface area contributed by atoms with Gasteiger partial charge in [0.25, 0.3) is 5.91 Å². The van der Waals surface area contributed by atoms with Crippen molar-refractivity contribution < 1.29 is 19.0 Å². The second-order valence-electron chi connectivity index (χ2n) is 5.72. The largest absolute Gasteiger partial charge is 0.496 e. The Kier molecular flexibility index (Phi) is 8.15. The summed E-state index contributed by atoms with van der Waals surface area (Å²) in [6.45, 7) is 2.46. The molecule has 0 radical (unpaired) electrons. The maximum atomic E-state index is 12.9. The van der Waals surface area contributed by atoms with Gasteiger partial charge in [-0.3, -0.25) is 4.79 Å². The molecule has 1 atom stereocenters. The number of hydrogen-bond donors (Lipinski definition) is 1. The number of carbonyl (C=O) groups excluding carboxylic acids is 1. The van der Waals surface area contributed by atoms with Crippen LogP contribution >= 0.6 is 12.4 Å².